The van der Waals surface area contributed by atoms with Crippen LogP contribution in [0.1, 0.15) is 81.0 Å². The first kappa shape index (κ1) is 33.1. The van der Waals surface area contributed by atoms with Crippen molar-refractivity contribution in [2.75, 3.05) is 39.3 Å². The molecule has 0 N–H and O–H groups in total. The predicted octanol–water partition coefficient (Wildman–Crippen LogP) is 7.27. The fraction of sp³-hybridized carbons (Fsp3) is 0.533. The number of fused-ring (bicyclic) bond motifs is 3. The second-order valence-electron chi connectivity index (χ2n) is 9.32. The van der Waals surface area contributed by atoms with Crippen LogP contribution in [0.2, 0.25) is 0 Å². The van der Waals surface area contributed by atoms with Crippen molar-refractivity contribution in [2.24, 2.45) is 0 Å². The Morgan fingerprint density at radius 2 is 1.03 bits per heavy atom. The Kier molecular flexibility index (Phi) is 14.4. The molecule has 1 aromatic heterocycles. The van der Waals surface area contributed by atoms with E-state index in [1.807, 2.05) is 24.3 Å². The lowest BCUT2D eigenvalue weighted by Gasteiger charge is -2.17. The van der Waals surface area contributed by atoms with E-state index in [1.54, 1.807) is 0 Å². The number of carbonyl (C=O) groups is 2. The first-order chi connectivity index (χ1) is 17.0. The topological polar surface area (TPSA) is 45.6 Å². The molecular formula is C30H45Cl2N3O2. The molecule has 2 aromatic carbocycles. The fourth-order valence-corrected chi connectivity index (χ4v) is 5.09. The molecule has 7 heteroatoms. The molecule has 0 saturated heterocycles. The summed E-state index contributed by atoms with van der Waals surface area (Å²) >= 11 is 0. The Morgan fingerprint density at radius 1 is 0.649 bits per heavy atom. The molecule has 37 heavy (non-hydrogen) atoms. The van der Waals surface area contributed by atoms with E-state index in [0.29, 0.717) is 12.8 Å². The molecule has 0 aliphatic rings. The molecule has 0 unspecified atom stereocenters. The van der Waals surface area contributed by atoms with Crippen molar-refractivity contribution in [2.45, 2.75) is 66.8 Å². The Morgan fingerprint density at radius 3 is 1.35 bits per heavy atom. The van der Waals surface area contributed by atoms with Gasteiger partial charge >= 0.3 is 0 Å². The molecule has 0 saturated carbocycles. The predicted molar refractivity (Wildman–Crippen MR) is 162 cm³/mol. The summed E-state index contributed by atoms with van der Waals surface area (Å²) in [7, 11) is 0. The van der Waals surface area contributed by atoms with Crippen LogP contribution in [-0.2, 0) is 6.54 Å². The molecule has 3 rings (SSSR count). The Hall–Kier alpha value is -1.92. The minimum absolute atomic E-state index is 0. The van der Waals surface area contributed by atoms with Gasteiger partial charge in [0.2, 0.25) is 0 Å². The molecule has 206 valence electrons. The van der Waals surface area contributed by atoms with Crippen molar-refractivity contribution in [1.29, 1.82) is 0 Å². The Bertz CT molecular complexity index is 1060. The van der Waals surface area contributed by atoms with Gasteiger partial charge in [0.1, 0.15) is 0 Å². The summed E-state index contributed by atoms with van der Waals surface area (Å²) in [5.74, 6) is 0.389. The molecule has 0 atom stereocenters. The van der Waals surface area contributed by atoms with Crippen LogP contribution in [0, 0.1) is 0 Å². The van der Waals surface area contributed by atoms with Crippen molar-refractivity contribution in [3.05, 3.63) is 47.5 Å². The minimum Gasteiger partial charge on any atom is -0.341 e. The maximum Gasteiger partial charge on any atom is 0.162 e. The maximum atomic E-state index is 13.0. The molecule has 1 heterocycles. The SMILES string of the molecule is CCN(CC)CCCC(=O)c1ccc2c(c1)c1cc(C(=O)CCCN(CC)CC)ccc1n2CC.Cl.Cl. The van der Waals surface area contributed by atoms with Crippen LogP contribution in [0.25, 0.3) is 21.8 Å². The van der Waals surface area contributed by atoms with Crippen molar-refractivity contribution < 1.29 is 9.59 Å². The fourth-order valence-electron chi connectivity index (χ4n) is 5.09. The molecule has 0 fully saturated rings. The number of aryl methyl sites for hydroxylation is 1. The van der Waals surface area contributed by atoms with Crippen LogP contribution in [-0.4, -0.2) is 65.2 Å². The van der Waals surface area contributed by atoms with Gasteiger partial charge in [-0.1, -0.05) is 27.7 Å². The zero-order chi connectivity index (χ0) is 25.4. The van der Waals surface area contributed by atoms with Gasteiger partial charge in [-0.15, -0.1) is 24.8 Å². The number of benzene rings is 2. The van der Waals surface area contributed by atoms with E-state index in [2.05, 4.69) is 61.1 Å². The summed E-state index contributed by atoms with van der Waals surface area (Å²) in [6.07, 6.45) is 2.87. The Labute approximate surface area is 235 Å². The van der Waals surface area contributed by atoms with Crippen molar-refractivity contribution >= 4 is 58.2 Å². The van der Waals surface area contributed by atoms with E-state index in [9.17, 15) is 9.59 Å². The lowest BCUT2D eigenvalue weighted by Crippen LogP contribution is -2.24. The quantitative estimate of drug-likeness (QED) is 0.187. The van der Waals surface area contributed by atoms with Crippen LogP contribution in [0.15, 0.2) is 36.4 Å². The van der Waals surface area contributed by atoms with E-state index in [1.165, 1.54) is 0 Å². The van der Waals surface area contributed by atoms with Gasteiger partial charge in [-0.05, 0) is 95.4 Å². The third-order valence-corrected chi connectivity index (χ3v) is 7.37. The van der Waals surface area contributed by atoms with Crippen LogP contribution in [0.3, 0.4) is 0 Å². The van der Waals surface area contributed by atoms with Gasteiger partial charge in [-0.3, -0.25) is 9.59 Å². The summed E-state index contributed by atoms with van der Waals surface area (Å²) < 4.78 is 2.27. The molecule has 0 bridgehead atoms. The number of rotatable bonds is 15. The second-order valence-corrected chi connectivity index (χ2v) is 9.32. The van der Waals surface area contributed by atoms with Crippen LogP contribution >= 0.6 is 24.8 Å². The number of ketones is 2. The molecule has 0 aliphatic heterocycles. The zero-order valence-corrected chi connectivity index (χ0v) is 24.8. The van der Waals surface area contributed by atoms with Gasteiger partial charge in [0.25, 0.3) is 0 Å². The highest BCUT2D eigenvalue weighted by molar-refractivity contribution is 6.13. The lowest BCUT2D eigenvalue weighted by atomic mass is 10.0. The third kappa shape index (κ3) is 8.03. The molecule has 5 nitrogen and oxygen atoms in total. The summed E-state index contributed by atoms with van der Waals surface area (Å²) in [6, 6.07) is 12.2. The number of Topliss-reactive ketones (excluding diaryl/α,β-unsaturated/α-hetero) is 2. The standard InChI is InChI=1S/C30H43N3O2.2ClH/c1-6-31(7-2)19-11-13-29(34)23-15-17-27-25(21-23)26-22-24(16-18-28(26)33(27)10-5)30(35)14-12-20-32(8-3)9-4;;/h15-18,21-22H,6-14,19-20H2,1-5H3;2*1H. The number of hydrogen-bond acceptors (Lipinski definition) is 4. The van der Waals surface area contributed by atoms with E-state index in [4.69, 9.17) is 0 Å². The molecule has 0 spiro atoms. The van der Waals surface area contributed by atoms with E-state index in [0.717, 1.165) is 91.6 Å². The minimum atomic E-state index is 0. The van der Waals surface area contributed by atoms with Crippen LogP contribution in [0.5, 0.6) is 0 Å². The number of hydrogen-bond donors (Lipinski definition) is 0. The van der Waals surface area contributed by atoms with Crippen molar-refractivity contribution in [1.82, 2.24) is 14.4 Å². The van der Waals surface area contributed by atoms with E-state index >= 15 is 0 Å². The maximum absolute atomic E-state index is 13.0. The van der Waals surface area contributed by atoms with Crippen LogP contribution < -0.4 is 0 Å². The average molecular weight is 551 g/mol. The van der Waals surface area contributed by atoms with Gasteiger partial charge < -0.3 is 14.4 Å². The number of aromatic nitrogens is 1. The van der Waals surface area contributed by atoms with E-state index < -0.39 is 0 Å². The summed E-state index contributed by atoms with van der Waals surface area (Å²) in [5, 5.41) is 2.13. The highest BCUT2D eigenvalue weighted by Gasteiger charge is 2.16. The van der Waals surface area contributed by atoms with Crippen molar-refractivity contribution in [3.63, 3.8) is 0 Å². The highest BCUT2D eigenvalue weighted by atomic mass is 35.5. The summed E-state index contributed by atoms with van der Waals surface area (Å²) in [5.41, 5.74) is 3.77. The Balaban J connectivity index is 0.00000342. The lowest BCUT2D eigenvalue weighted by molar-refractivity contribution is 0.0967. The highest BCUT2D eigenvalue weighted by Crippen LogP contribution is 2.31. The normalized spacial score (nSPS) is 11.2. The van der Waals surface area contributed by atoms with Gasteiger partial charge in [0.15, 0.2) is 11.6 Å². The monoisotopic (exact) mass is 549 g/mol. The van der Waals surface area contributed by atoms with Gasteiger partial charge in [-0.25, -0.2) is 0 Å². The second kappa shape index (κ2) is 16.1. The molecule has 0 radical (unpaired) electrons. The first-order valence-electron chi connectivity index (χ1n) is 13.5. The van der Waals surface area contributed by atoms with Gasteiger partial charge in [0.05, 0.1) is 0 Å². The average Bonchev–Trinajstić information content (AvgIpc) is 3.21. The molecule has 0 aliphatic carbocycles. The smallest absolute Gasteiger partial charge is 0.162 e. The van der Waals surface area contributed by atoms with Gasteiger partial charge in [-0.2, -0.15) is 0 Å². The molecule has 0 amide bonds. The molecule has 3 aromatic rings. The summed E-state index contributed by atoms with van der Waals surface area (Å²) in [4.78, 5) is 30.7. The van der Waals surface area contributed by atoms with Crippen LogP contribution in [0.4, 0.5) is 0 Å². The van der Waals surface area contributed by atoms with Gasteiger partial charge in [0, 0.05) is 52.3 Å². The zero-order valence-electron chi connectivity index (χ0n) is 23.2. The van der Waals surface area contributed by atoms with Crippen molar-refractivity contribution in [3.8, 4) is 0 Å². The first-order valence-corrected chi connectivity index (χ1v) is 13.5. The third-order valence-electron chi connectivity index (χ3n) is 7.37. The number of nitrogens with zero attached hydrogens (tertiary/aromatic N) is 3. The largest absolute Gasteiger partial charge is 0.341 e. The van der Waals surface area contributed by atoms with E-state index in [-0.39, 0.29) is 36.4 Å². The number of carbonyl (C=O) groups excluding carboxylic acids is 2. The summed E-state index contributed by atoms with van der Waals surface area (Å²) in [6.45, 7) is 17.6. The molecular weight excluding hydrogens is 505 g/mol. The number of halogens is 2.